The number of carbonyl (C=O) groups excluding carboxylic acids is 1. The monoisotopic (exact) mass is 252 g/mol. The van der Waals surface area contributed by atoms with E-state index in [0.29, 0.717) is 18.3 Å². The molecule has 1 rings (SSSR count). The van der Waals surface area contributed by atoms with Gasteiger partial charge in [0.15, 0.2) is 0 Å². The summed E-state index contributed by atoms with van der Waals surface area (Å²) in [6.45, 7) is 3.66. The number of amides is 1. The lowest BCUT2D eigenvalue weighted by Crippen LogP contribution is -2.40. The zero-order valence-corrected chi connectivity index (χ0v) is 10.9. The van der Waals surface area contributed by atoms with Gasteiger partial charge >= 0.3 is 0 Å². The smallest absolute Gasteiger partial charge is 0.232 e. The number of thioether (sulfide) groups is 1. The Bertz CT molecular complexity index is 192. The predicted octanol–water partition coefficient (Wildman–Crippen LogP) is 1.50. The maximum Gasteiger partial charge on any atom is 0.232 e. The van der Waals surface area contributed by atoms with Gasteiger partial charge in [-0.3, -0.25) is 4.79 Å². The number of carbonyl (C=O) groups is 1. The number of rotatable bonds is 5. The highest BCUT2D eigenvalue weighted by Crippen LogP contribution is 2.17. The van der Waals surface area contributed by atoms with Crippen molar-refractivity contribution in [3.8, 4) is 0 Å². The molecule has 0 aliphatic carbocycles. The van der Waals surface area contributed by atoms with Crippen LogP contribution in [0.5, 0.6) is 0 Å². The molecule has 1 aliphatic heterocycles. The first-order valence-electron chi connectivity index (χ1n) is 5.36. The molecular weight excluding hydrogens is 232 g/mol. The van der Waals surface area contributed by atoms with E-state index in [4.69, 9.17) is 5.73 Å². The topological polar surface area (TPSA) is 46.3 Å². The van der Waals surface area contributed by atoms with Crippen molar-refractivity contribution in [3.63, 3.8) is 0 Å². The summed E-state index contributed by atoms with van der Waals surface area (Å²) < 4.78 is 0. The molecule has 1 fully saturated rings. The molecule has 2 N–H and O–H groups in total. The van der Waals surface area contributed by atoms with Gasteiger partial charge in [-0.15, -0.1) is 12.4 Å². The molecule has 1 amide bonds. The minimum Gasteiger partial charge on any atom is -0.338 e. The van der Waals surface area contributed by atoms with Crippen LogP contribution < -0.4 is 5.73 Å². The quantitative estimate of drug-likeness (QED) is 0.755. The summed E-state index contributed by atoms with van der Waals surface area (Å²) in [6.07, 6.45) is 3.34. The van der Waals surface area contributed by atoms with E-state index in [2.05, 4.69) is 6.92 Å². The number of halogens is 1. The Hall–Kier alpha value is 0.0700. The van der Waals surface area contributed by atoms with Gasteiger partial charge < -0.3 is 10.6 Å². The Labute approximate surface area is 103 Å². The SMILES string of the molecule is CCCSCC(=O)N1CCCC1CN.Cl. The van der Waals surface area contributed by atoms with Crippen molar-refractivity contribution >= 4 is 30.1 Å². The van der Waals surface area contributed by atoms with Crippen LogP contribution >= 0.6 is 24.2 Å². The Morgan fingerprint density at radius 1 is 1.60 bits per heavy atom. The predicted molar refractivity (Wildman–Crippen MR) is 68.7 cm³/mol. The Morgan fingerprint density at radius 3 is 2.93 bits per heavy atom. The zero-order chi connectivity index (χ0) is 10.4. The van der Waals surface area contributed by atoms with Gasteiger partial charge in [-0.25, -0.2) is 0 Å². The fraction of sp³-hybridized carbons (Fsp3) is 0.900. The van der Waals surface area contributed by atoms with Gasteiger partial charge in [-0.2, -0.15) is 11.8 Å². The fourth-order valence-corrected chi connectivity index (χ4v) is 2.57. The lowest BCUT2D eigenvalue weighted by Gasteiger charge is -2.23. The summed E-state index contributed by atoms with van der Waals surface area (Å²) in [4.78, 5) is 13.7. The highest BCUT2D eigenvalue weighted by atomic mass is 35.5. The second kappa shape index (κ2) is 8.25. The van der Waals surface area contributed by atoms with Crippen LogP contribution in [0.1, 0.15) is 26.2 Å². The van der Waals surface area contributed by atoms with E-state index >= 15 is 0 Å². The van der Waals surface area contributed by atoms with Crippen LogP contribution in [-0.4, -0.2) is 41.4 Å². The first kappa shape index (κ1) is 15.1. The highest BCUT2D eigenvalue weighted by molar-refractivity contribution is 7.99. The van der Waals surface area contributed by atoms with E-state index in [9.17, 15) is 4.79 Å². The van der Waals surface area contributed by atoms with Crippen LogP contribution in [0, 0.1) is 0 Å². The summed E-state index contributed by atoms with van der Waals surface area (Å²) in [5.41, 5.74) is 5.62. The Kier molecular flexibility index (Phi) is 8.29. The van der Waals surface area contributed by atoms with E-state index < -0.39 is 0 Å². The van der Waals surface area contributed by atoms with Crippen molar-refractivity contribution in [2.75, 3.05) is 24.6 Å². The van der Waals surface area contributed by atoms with Gasteiger partial charge in [0.1, 0.15) is 0 Å². The minimum absolute atomic E-state index is 0. The van der Waals surface area contributed by atoms with Crippen LogP contribution in [0.3, 0.4) is 0 Å². The minimum atomic E-state index is 0. The van der Waals surface area contributed by atoms with Crippen molar-refractivity contribution in [3.05, 3.63) is 0 Å². The van der Waals surface area contributed by atoms with E-state index in [1.165, 1.54) is 0 Å². The van der Waals surface area contributed by atoms with E-state index in [0.717, 1.165) is 31.6 Å². The lowest BCUT2D eigenvalue weighted by atomic mass is 10.2. The third kappa shape index (κ3) is 4.62. The average Bonchev–Trinajstić information content (AvgIpc) is 2.65. The molecule has 3 nitrogen and oxygen atoms in total. The Morgan fingerprint density at radius 2 is 2.33 bits per heavy atom. The molecule has 0 aromatic heterocycles. The molecule has 90 valence electrons. The fourth-order valence-electron chi connectivity index (χ4n) is 1.80. The van der Waals surface area contributed by atoms with Crippen molar-refractivity contribution in [1.29, 1.82) is 0 Å². The molecule has 1 unspecified atom stereocenters. The van der Waals surface area contributed by atoms with Crippen LogP contribution in [0.25, 0.3) is 0 Å². The summed E-state index contributed by atoms with van der Waals surface area (Å²) in [5.74, 6) is 1.98. The molecule has 0 aromatic rings. The van der Waals surface area contributed by atoms with E-state index in [1.54, 1.807) is 11.8 Å². The maximum absolute atomic E-state index is 11.7. The molecular formula is C10H21ClN2OS. The molecule has 0 aromatic carbocycles. The van der Waals surface area contributed by atoms with Gasteiger partial charge in [0.25, 0.3) is 0 Å². The van der Waals surface area contributed by atoms with Crippen LogP contribution in [0.2, 0.25) is 0 Å². The largest absolute Gasteiger partial charge is 0.338 e. The maximum atomic E-state index is 11.7. The molecule has 5 heteroatoms. The van der Waals surface area contributed by atoms with Crippen molar-refractivity contribution in [2.45, 2.75) is 32.2 Å². The van der Waals surface area contributed by atoms with Crippen LogP contribution in [0.15, 0.2) is 0 Å². The number of hydrogen-bond acceptors (Lipinski definition) is 3. The average molecular weight is 253 g/mol. The highest BCUT2D eigenvalue weighted by Gasteiger charge is 2.26. The van der Waals surface area contributed by atoms with Gasteiger partial charge in [0, 0.05) is 19.1 Å². The summed E-state index contributed by atoms with van der Waals surface area (Å²) in [5, 5.41) is 0. The molecule has 0 spiro atoms. The standard InChI is InChI=1S/C10H20N2OS.ClH/c1-2-6-14-8-10(13)12-5-3-4-9(12)7-11;/h9H,2-8,11H2,1H3;1H. The zero-order valence-electron chi connectivity index (χ0n) is 9.28. The molecule has 1 aliphatic rings. The van der Waals surface area contributed by atoms with Crippen LogP contribution in [0.4, 0.5) is 0 Å². The summed E-state index contributed by atoms with van der Waals surface area (Å²) >= 11 is 1.73. The molecule has 15 heavy (non-hydrogen) atoms. The normalized spacial score (nSPS) is 20.1. The molecule has 1 atom stereocenters. The third-order valence-corrected chi connectivity index (χ3v) is 3.69. The molecule has 1 saturated heterocycles. The van der Waals surface area contributed by atoms with Gasteiger partial charge in [-0.05, 0) is 25.0 Å². The van der Waals surface area contributed by atoms with Gasteiger partial charge in [0.2, 0.25) is 5.91 Å². The number of nitrogens with two attached hydrogens (primary N) is 1. The first-order chi connectivity index (χ1) is 6.79. The molecule has 0 bridgehead atoms. The third-order valence-electron chi connectivity index (χ3n) is 2.54. The number of likely N-dealkylation sites (tertiary alicyclic amines) is 1. The van der Waals surface area contributed by atoms with Crippen LogP contribution in [-0.2, 0) is 4.79 Å². The Balaban J connectivity index is 0.00000196. The van der Waals surface area contributed by atoms with Crippen molar-refractivity contribution < 1.29 is 4.79 Å². The lowest BCUT2D eigenvalue weighted by molar-refractivity contribution is -0.128. The summed E-state index contributed by atoms with van der Waals surface area (Å²) in [6, 6.07) is 0.310. The van der Waals surface area contributed by atoms with Gasteiger partial charge in [0.05, 0.1) is 5.75 Å². The first-order valence-corrected chi connectivity index (χ1v) is 6.52. The molecule has 1 heterocycles. The number of nitrogens with zero attached hydrogens (tertiary/aromatic N) is 1. The van der Waals surface area contributed by atoms with E-state index in [-0.39, 0.29) is 18.3 Å². The second-order valence-corrected chi connectivity index (χ2v) is 4.78. The van der Waals surface area contributed by atoms with E-state index in [1.807, 2.05) is 4.90 Å². The number of hydrogen-bond donors (Lipinski definition) is 1. The molecule has 0 saturated carbocycles. The second-order valence-electron chi connectivity index (χ2n) is 3.67. The van der Waals surface area contributed by atoms with Crippen molar-refractivity contribution in [2.24, 2.45) is 5.73 Å². The van der Waals surface area contributed by atoms with Crippen molar-refractivity contribution in [1.82, 2.24) is 4.90 Å². The summed E-state index contributed by atoms with van der Waals surface area (Å²) in [7, 11) is 0. The molecule has 0 radical (unpaired) electrons. The van der Waals surface area contributed by atoms with Gasteiger partial charge in [-0.1, -0.05) is 6.92 Å².